The maximum atomic E-state index is 12.6. The normalized spacial score (nSPS) is 40.2. The van der Waals surface area contributed by atoms with Crippen LogP contribution in [-0.4, -0.2) is 33.1 Å². The molecule has 7 atom stereocenters. The van der Waals surface area contributed by atoms with Crippen molar-refractivity contribution in [1.29, 1.82) is 0 Å². The van der Waals surface area contributed by atoms with Gasteiger partial charge in [-0.25, -0.2) is 4.68 Å². The second kappa shape index (κ2) is 8.79. The van der Waals surface area contributed by atoms with Crippen LogP contribution in [0.5, 0.6) is 0 Å². The van der Waals surface area contributed by atoms with E-state index >= 15 is 0 Å². The van der Waals surface area contributed by atoms with Gasteiger partial charge in [0.2, 0.25) is 0 Å². The largest absolute Gasteiger partial charge is 0.394 e. The number of hydrogen-bond donors (Lipinski definition) is 1. The third kappa shape index (κ3) is 3.84. The zero-order valence-corrected chi connectivity index (χ0v) is 20.6. The summed E-state index contributed by atoms with van der Waals surface area (Å²) in [6, 6.07) is 0.122. The molecule has 2 N–H and O–H groups in total. The monoisotopic (exact) mass is 455 g/mol. The molecule has 0 aliphatic heterocycles. The first kappa shape index (κ1) is 23.0. The quantitative estimate of drug-likeness (QED) is 0.629. The molecule has 33 heavy (non-hydrogen) atoms. The molecule has 1 aromatic heterocycles. The number of Topliss-reactive ketones (excluding diaryl/α,β-unsaturated/α-hetero) is 1. The number of oxime groups is 1. The molecule has 182 valence electrons. The van der Waals surface area contributed by atoms with Crippen LogP contribution in [0.1, 0.15) is 96.7 Å². The molecule has 0 amide bonds. The van der Waals surface area contributed by atoms with Gasteiger partial charge in [0.1, 0.15) is 12.4 Å². The number of carbonyl (C=O) groups excluding carboxylic acids is 1. The van der Waals surface area contributed by atoms with Crippen LogP contribution in [0.15, 0.2) is 11.4 Å². The van der Waals surface area contributed by atoms with Gasteiger partial charge in [-0.2, -0.15) is 0 Å². The van der Waals surface area contributed by atoms with Gasteiger partial charge >= 0.3 is 0 Å². The van der Waals surface area contributed by atoms with Crippen LogP contribution in [0.4, 0.5) is 0 Å². The number of nitrogens with zero attached hydrogens (tertiary/aromatic N) is 4. The average molecular weight is 456 g/mol. The lowest BCUT2D eigenvalue weighted by Crippen LogP contribution is -2.53. The van der Waals surface area contributed by atoms with Gasteiger partial charge in [-0.05, 0) is 86.9 Å². The molecule has 0 bridgehead atoms. The van der Waals surface area contributed by atoms with Gasteiger partial charge in [-0.1, -0.05) is 31.1 Å². The van der Waals surface area contributed by atoms with E-state index in [0.717, 1.165) is 56.1 Å². The summed E-state index contributed by atoms with van der Waals surface area (Å²) < 4.78 is 1.85. The molecule has 4 fully saturated rings. The minimum absolute atomic E-state index is 0.0235. The van der Waals surface area contributed by atoms with Crippen molar-refractivity contribution in [2.24, 2.45) is 45.4 Å². The molecule has 1 aromatic rings. The van der Waals surface area contributed by atoms with Gasteiger partial charge in [0.05, 0.1) is 23.6 Å². The van der Waals surface area contributed by atoms with Gasteiger partial charge in [-0.3, -0.25) is 4.79 Å². The molecule has 0 saturated heterocycles. The smallest absolute Gasteiger partial charge is 0.139 e. The van der Waals surface area contributed by atoms with Crippen LogP contribution in [0.25, 0.3) is 0 Å². The van der Waals surface area contributed by atoms with Crippen molar-refractivity contribution >= 4 is 11.5 Å². The van der Waals surface area contributed by atoms with E-state index in [0.29, 0.717) is 36.2 Å². The Labute approximate surface area is 197 Å². The van der Waals surface area contributed by atoms with Crippen molar-refractivity contribution < 1.29 is 9.63 Å². The number of hydrogen-bond acceptors (Lipinski definition) is 6. The zero-order chi connectivity index (χ0) is 23.2. The maximum absolute atomic E-state index is 12.6. The van der Waals surface area contributed by atoms with E-state index in [1.807, 2.05) is 10.9 Å². The van der Waals surface area contributed by atoms with Crippen LogP contribution in [0, 0.1) is 34.5 Å². The van der Waals surface area contributed by atoms with Crippen molar-refractivity contribution in [3.05, 3.63) is 11.9 Å². The van der Waals surface area contributed by atoms with Crippen LogP contribution in [0.2, 0.25) is 0 Å². The van der Waals surface area contributed by atoms with Crippen molar-refractivity contribution in [1.82, 2.24) is 15.0 Å². The number of fused-ring (bicyclic) bond motifs is 5. The summed E-state index contributed by atoms with van der Waals surface area (Å²) >= 11 is 0. The Morgan fingerprint density at radius 3 is 2.82 bits per heavy atom. The molecule has 0 aromatic carbocycles. The summed E-state index contributed by atoms with van der Waals surface area (Å²) in [5.41, 5.74) is 8.05. The Morgan fingerprint density at radius 1 is 1.21 bits per heavy atom. The number of ketones is 1. The fraction of sp³-hybridized carbons (Fsp3) is 0.846. The predicted octanol–water partition coefficient (Wildman–Crippen LogP) is 4.67. The highest BCUT2D eigenvalue weighted by atomic mass is 16.6. The Bertz CT molecular complexity index is 912. The second-order valence-corrected chi connectivity index (χ2v) is 11.7. The lowest BCUT2D eigenvalue weighted by Gasteiger charge is -2.59. The van der Waals surface area contributed by atoms with E-state index in [-0.39, 0.29) is 11.5 Å². The van der Waals surface area contributed by atoms with Gasteiger partial charge in [-0.15, -0.1) is 5.10 Å². The molecule has 0 spiro atoms. The summed E-state index contributed by atoms with van der Waals surface area (Å²) in [6.45, 7) is 7.87. The number of rotatable bonds is 6. The first-order chi connectivity index (χ1) is 15.9. The van der Waals surface area contributed by atoms with Crippen LogP contribution in [0.3, 0.4) is 0 Å². The van der Waals surface area contributed by atoms with E-state index in [2.05, 4.69) is 36.2 Å². The van der Waals surface area contributed by atoms with Crippen molar-refractivity contribution in [3.63, 3.8) is 0 Å². The highest BCUT2D eigenvalue weighted by molar-refractivity contribution is 5.87. The minimum Gasteiger partial charge on any atom is -0.394 e. The predicted molar refractivity (Wildman–Crippen MR) is 127 cm³/mol. The van der Waals surface area contributed by atoms with Crippen molar-refractivity contribution in [2.45, 2.75) is 97.6 Å². The van der Waals surface area contributed by atoms with Crippen LogP contribution < -0.4 is 5.73 Å². The summed E-state index contributed by atoms with van der Waals surface area (Å²) in [7, 11) is 0. The van der Waals surface area contributed by atoms with Gasteiger partial charge in [0.25, 0.3) is 0 Å². The molecule has 1 heterocycles. The van der Waals surface area contributed by atoms with Gasteiger partial charge in [0, 0.05) is 18.4 Å². The minimum atomic E-state index is -0.0235. The van der Waals surface area contributed by atoms with E-state index in [9.17, 15) is 4.79 Å². The van der Waals surface area contributed by atoms with Gasteiger partial charge < -0.3 is 10.6 Å². The molecule has 5 unspecified atom stereocenters. The Morgan fingerprint density at radius 2 is 2.06 bits per heavy atom. The Hall–Kier alpha value is -1.76. The van der Waals surface area contributed by atoms with Crippen molar-refractivity contribution in [2.75, 3.05) is 6.61 Å². The summed E-state index contributed by atoms with van der Waals surface area (Å²) in [5, 5.41) is 12.9. The van der Waals surface area contributed by atoms with E-state index in [1.165, 1.54) is 31.4 Å². The lowest BCUT2D eigenvalue weighted by atomic mass is 9.45. The average Bonchev–Trinajstić information content (AvgIpc) is 3.41. The number of nitrogens with two attached hydrogens (primary N) is 1. The highest BCUT2D eigenvalue weighted by Crippen LogP contribution is 2.65. The van der Waals surface area contributed by atoms with E-state index in [1.54, 1.807) is 0 Å². The van der Waals surface area contributed by atoms with E-state index < -0.39 is 0 Å². The van der Waals surface area contributed by atoms with E-state index in [4.69, 9.17) is 10.6 Å². The zero-order valence-electron chi connectivity index (χ0n) is 20.6. The molecule has 4 aliphatic carbocycles. The Kier molecular flexibility index (Phi) is 6.13. The molecule has 7 heteroatoms. The van der Waals surface area contributed by atoms with Gasteiger partial charge in [0.15, 0.2) is 0 Å². The SMILES string of the molecule is CCC(CON=C1CC[C@@]2(C)C(CCC3C2CC[C@]2(C)C(=O)CCC32)C1)n1cc(CN)nn1. The van der Waals surface area contributed by atoms with Crippen LogP contribution in [-0.2, 0) is 16.2 Å². The molecule has 0 radical (unpaired) electrons. The Balaban J connectivity index is 1.21. The summed E-state index contributed by atoms with van der Waals surface area (Å²) in [5.74, 6) is 3.39. The maximum Gasteiger partial charge on any atom is 0.139 e. The third-order valence-corrected chi connectivity index (χ3v) is 10.3. The summed E-state index contributed by atoms with van der Waals surface area (Å²) in [6.07, 6.45) is 13.0. The van der Waals surface area contributed by atoms with Crippen molar-refractivity contribution in [3.8, 4) is 0 Å². The number of carbonyl (C=O) groups is 1. The second-order valence-electron chi connectivity index (χ2n) is 11.7. The molecule has 5 rings (SSSR count). The molecular weight excluding hydrogens is 414 g/mol. The van der Waals surface area contributed by atoms with Crippen LogP contribution >= 0.6 is 0 Å². The molecular formula is C26H41N5O2. The topological polar surface area (TPSA) is 95.4 Å². The third-order valence-electron chi connectivity index (χ3n) is 10.3. The first-order valence-corrected chi connectivity index (χ1v) is 13.2. The summed E-state index contributed by atoms with van der Waals surface area (Å²) in [4.78, 5) is 18.5. The molecule has 4 aliphatic rings. The standard InChI is InChI=1S/C26H41N5O2/c1-4-20(31-15-19(14-27)28-30-31)16-33-29-18-9-11-25(2)17(13-18)5-6-21-22-7-8-24(32)26(22,3)12-10-23(21)25/h15,17,20-23H,4-14,16,27H2,1-3H3/t17?,20?,21?,22?,23?,25-,26-/m0/s1. The molecule has 7 nitrogen and oxygen atoms in total. The fourth-order valence-corrected chi connectivity index (χ4v) is 8.09. The highest BCUT2D eigenvalue weighted by Gasteiger charge is 2.60. The fourth-order valence-electron chi connectivity index (χ4n) is 8.09. The number of aromatic nitrogens is 3. The molecule has 4 saturated carbocycles. The lowest BCUT2D eigenvalue weighted by molar-refractivity contribution is -0.137. The first-order valence-electron chi connectivity index (χ1n) is 13.2.